The quantitative estimate of drug-likeness (QED) is 0.678. The first kappa shape index (κ1) is 17.7. The van der Waals surface area contributed by atoms with Gasteiger partial charge >= 0.3 is 0 Å². The molecule has 0 fully saturated rings. The number of rotatable bonds is 8. The van der Waals surface area contributed by atoms with Crippen molar-refractivity contribution >= 4 is 11.7 Å². The van der Waals surface area contributed by atoms with Crippen molar-refractivity contribution in [2.24, 2.45) is 0 Å². The Hall–Kier alpha value is -3.15. The third-order valence-corrected chi connectivity index (χ3v) is 3.99. The van der Waals surface area contributed by atoms with Crippen molar-refractivity contribution in [3.05, 3.63) is 72.2 Å². The maximum atomic E-state index is 12.0. The summed E-state index contributed by atoms with van der Waals surface area (Å²) in [5, 5.41) is 7.10. The molecule has 1 aromatic carbocycles. The third-order valence-electron chi connectivity index (χ3n) is 3.99. The molecule has 0 radical (unpaired) electrons. The van der Waals surface area contributed by atoms with Crippen LogP contribution in [0.2, 0.25) is 0 Å². The first-order chi connectivity index (χ1) is 12.7. The Morgan fingerprint density at radius 1 is 1.08 bits per heavy atom. The highest BCUT2D eigenvalue weighted by Gasteiger charge is 2.06. The summed E-state index contributed by atoms with van der Waals surface area (Å²) >= 11 is 0. The lowest BCUT2D eigenvalue weighted by atomic mass is 10.2. The number of amides is 1. The normalized spacial score (nSPS) is 10.5. The number of carbonyl (C=O) groups excluding carboxylic acids is 1. The van der Waals surface area contributed by atoms with Gasteiger partial charge < -0.3 is 10.1 Å². The Balaban J connectivity index is 1.44. The average molecular weight is 350 g/mol. The van der Waals surface area contributed by atoms with Gasteiger partial charge in [0.15, 0.2) is 12.4 Å². The Labute approximate surface area is 152 Å². The standard InChI is InChI=1S/C20H22N4O2/c1-2-16-3-5-18(6-4-16)26-15-20(25)22-19-10-14-24(23-19)13-9-17-7-11-21-12-8-17/h3-8,10-12,14H,2,9,13,15H2,1H3,(H,22,23,25). The fourth-order valence-electron chi connectivity index (χ4n) is 2.50. The lowest BCUT2D eigenvalue weighted by molar-refractivity contribution is -0.118. The van der Waals surface area contributed by atoms with Gasteiger partial charge in [0.1, 0.15) is 5.75 Å². The predicted octanol–water partition coefficient (Wildman–Crippen LogP) is 3.10. The van der Waals surface area contributed by atoms with Crippen LogP contribution in [0.15, 0.2) is 61.1 Å². The molecule has 26 heavy (non-hydrogen) atoms. The highest BCUT2D eigenvalue weighted by molar-refractivity contribution is 5.90. The lowest BCUT2D eigenvalue weighted by Crippen LogP contribution is -2.20. The van der Waals surface area contributed by atoms with Gasteiger partial charge in [-0.05, 0) is 48.2 Å². The molecule has 0 saturated heterocycles. The molecule has 0 atom stereocenters. The van der Waals surface area contributed by atoms with Crippen molar-refractivity contribution in [2.75, 3.05) is 11.9 Å². The number of nitrogens with one attached hydrogen (secondary N) is 1. The van der Waals surface area contributed by atoms with Gasteiger partial charge in [0.05, 0.1) is 0 Å². The largest absolute Gasteiger partial charge is 0.484 e. The molecular formula is C20H22N4O2. The van der Waals surface area contributed by atoms with Crippen LogP contribution in [0, 0.1) is 0 Å². The van der Waals surface area contributed by atoms with Crippen LogP contribution >= 0.6 is 0 Å². The van der Waals surface area contributed by atoms with Gasteiger partial charge in [0, 0.05) is 31.2 Å². The van der Waals surface area contributed by atoms with E-state index in [4.69, 9.17) is 4.74 Å². The molecule has 0 aliphatic heterocycles. The summed E-state index contributed by atoms with van der Waals surface area (Å²) < 4.78 is 7.31. The molecule has 3 rings (SSSR count). The molecular weight excluding hydrogens is 328 g/mol. The molecule has 3 aromatic rings. The van der Waals surface area contributed by atoms with Gasteiger partial charge in [-0.1, -0.05) is 19.1 Å². The molecule has 6 heteroatoms. The van der Waals surface area contributed by atoms with E-state index in [0.717, 1.165) is 19.4 Å². The SMILES string of the molecule is CCc1ccc(OCC(=O)Nc2ccn(CCc3ccncc3)n2)cc1. The third kappa shape index (κ3) is 5.17. The summed E-state index contributed by atoms with van der Waals surface area (Å²) in [5.74, 6) is 0.971. The highest BCUT2D eigenvalue weighted by Crippen LogP contribution is 2.12. The first-order valence-corrected chi connectivity index (χ1v) is 8.67. The maximum Gasteiger partial charge on any atom is 0.263 e. The van der Waals surface area contributed by atoms with E-state index in [-0.39, 0.29) is 12.5 Å². The van der Waals surface area contributed by atoms with E-state index in [1.807, 2.05) is 42.6 Å². The predicted molar refractivity (Wildman–Crippen MR) is 100 cm³/mol. The fraction of sp³-hybridized carbons (Fsp3) is 0.250. The summed E-state index contributed by atoms with van der Waals surface area (Å²) in [6.45, 7) is 2.79. The zero-order valence-electron chi connectivity index (χ0n) is 14.8. The molecule has 0 spiro atoms. The van der Waals surface area contributed by atoms with Gasteiger partial charge in [0.2, 0.25) is 0 Å². The van der Waals surface area contributed by atoms with E-state index in [1.165, 1.54) is 11.1 Å². The number of carbonyl (C=O) groups is 1. The molecule has 0 saturated carbocycles. The van der Waals surface area contributed by atoms with Crippen molar-refractivity contribution in [1.82, 2.24) is 14.8 Å². The fourth-order valence-corrected chi connectivity index (χ4v) is 2.50. The van der Waals surface area contributed by atoms with Crippen LogP contribution in [0.3, 0.4) is 0 Å². The number of ether oxygens (including phenoxy) is 1. The molecule has 0 unspecified atom stereocenters. The number of hydrogen-bond acceptors (Lipinski definition) is 4. The second-order valence-corrected chi connectivity index (χ2v) is 5.90. The number of hydrogen-bond donors (Lipinski definition) is 1. The lowest BCUT2D eigenvalue weighted by Gasteiger charge is -2.06. The van der Waals surface area contributed by atoms with Gasteiger partial charge in [-0.3, -0.25) is 14.5 Å². The summed E-state index contributed by atoms with van der Waals surface area (Å²) in [4.78, 5) is 16.0. The first-order valence-electron chi connectivity index (χ1n) is 8.67. The van der Waals surface area contributed by atoms with E-state index in [9.17, 15) is 4.79 Å². The van der Waals surface area contributed by atoms with E-state index < -0.39 is 0 Å². The van der Waals surface area contributed by atoms with Crippen LogP contribution in [0.4, 0.5) is 5.82 Å². The number of benzene rings is 1. The monoisotopic (exact) mass is 350 g/mol. The Bertz CT molecular complexity index is 829. The molecule has 0 aliphatic rings. The minimum atomic E-state index is -0.232. The van der Waals surface area contributed by atoms with Crippen molar-refractivity contribution in [1.29, 1.82) is 0 Å². The minimum absolute atomic E-state index is 0.0463. The van der Waals surface area contributed by atoms with E-state index >= 15 is 0 Å². The summed E-state index contributed by atoms with van der Waals surface area (Å²) in [6, 6.07) is 13.5. The Kier molecular flexibility index (Phi) is 5.98. The van der Waals surface area contributed by atoms with E-state index in [0.29, 0.717) is 11.6 Å². The van der Waals surface area contributed by atoms with E-state index in [2.05, 4.69) is 22.3 Å². The average Bonchev–Trinajstić information content (AvgIpc) is 3.13. The van der Waals surface area contributed by atoms with Crippen LogP contribution in [0.25, 0.3) is 0 Å². The smallest absolute Gasteiger partial charge is 0.263 e. The van der Waals surface area contributed by atoms with Crippen LogP contribution in [0.1, 0.15) is 18.1 Å². The minimum Gasteiger partial charge on any atom is -0.484 e. The van der Waals surface area contributed by atoms with Crippen LogP contribution < -0.4 is 10.1 Å². The molecule has 1 amide bonds. The van der Waals surface area contributed by atoms with Crippen LogP contribution in [-0.4, -0.2) is 27.3 Å². The Morgan fingerprint density at radius 2 is 1.85 bits per heavy atom. The second-order valence-electron chi connectivity index (χ2n) is 5.90. The Morgan fingerprint density at radius 3 is 2.58 bits per heavy atom. The molecule has 0 bridgehead atoms. The van der Waals surface area contributed by atoms with E-state index in [1.54, 1.807) is 23.1 Å². The number of aromatic nitrogens is 3. The molecule has 6 nitrogen and oxygen atoms in total. The maximum absolute atomic E-state index is 12.0. The van der Waals surface area contributed by atoms with Crippen LogP contribution in [-0.2, 0) is 24.2 Å². The van der Waals surface area contributed by atoms with Gasteiger partial charge in [0.25, 0.3) is 5.91 Å². The molecule has 1 N–H and O–H groups in total. The molecule has 134 valence electrons. The van der Waals surface area contributed by atoms with Crippen molar-refractivity contribution in [2.45, 2.75) is 26.3 Å². The van der Waals surface area contributed by atoms with Gasteiger partial charge in [-0.15, -0.1) is 0 Å². The zero-order valence-corrected chi connectivity index (χ0v) is 14.8. The number of pyridine rings is 1. The topological polar surface area (TPSA) is 69.0 Å². The van der Waals surface area contributed by atoms with Crippen molar-refractivity contribution in [3.63, 3.8) is 0 Å². The zero-order chi connectivity index (χ0) is 18.2. The number of nitrogens with zero attached hydrogens (tertiary/aromatic N) is 3. The molecule has 0 aliphatic carbocycles. The highest BCUT2D eigenvalue weighted by atomic mass is 16.5. The van der Waals surface area contributed by atoms with Gasteiger partial charge in [-0.25, -0.2) is 0 Å². The summed E-state index contributed by atoms with van der Waals surface area (Å²) in [7, 11) is 0. The van der Waals surface area contributed by atoms with Crippen molar-refractivity contribution < 1.29 is 9.53 Å². The number of aryl methyl sites for hydroxylation is 3. The van der Waals surface area contributed by atoms with Crippen LogP contribution in [0.5, 0.6) is 5.75 Å². The van der Waals surface area contributed by atoms with Crippen molar-refractivity contribution in [3.8, 4) is 5.75 Å². The molecule has 2 heterocycles. The second kappa shape index (κ2) is 8.80. The molecule has 2 aromatic heterocycles. The number of anilines is 1. The van der Waals surface area contributed by atoms with Gasteiger partial charge in [-0.2, -0.15) is 5.10 Å². The summed E-state index contributed by atoms with van der Waals surface area (Å²) in [5.41, 5.74) is 2.43. The summed E-state index contributed by atoms with van der Waals surface area (Å²) in [6.07, 6.45) is 7.24.